The maximum absolute atomic E-state index is 11.9. The van der Waals surface area contributed by atoms with Crippen molar-refractivity contribution in [1.29, 1.82) is 0 Å². The van der Waals surface area contributed by atoms with Gasteiger partial charge in [-0.1, -0.05) is 0 Å². The van der Waals surface area contributed by atoms with Gasteiger partial charge in [-0.05, 0) is 25.7 Å². The van der Waals surface area contributed by atoms with Crippen LogP contribution in [0.2, 0.25) is 0 Å². The van der Waals surface area contributed by atoms with Gasteiger partial charge in [0, 0.05) is 32.1 Å². The Balaban J connectivity index is 0.00000162. The molecule has 0 aromatic carbocycles. The van der Waals surface area contributed by atoms with E-state index in [4.69, 9.17) is 0 Å². The molecule has 2 N–H and O–H groups in total. The number of amides is 2. The van der Waals surface area contributed by atoms with Crippen molar-refractivity contribution in [2.45, 2.75) is 44.7 Å². The van der Waals surface area contributed by atoms with Gasteiger partial charge >= 0.3 is 0 Å². The average Bonchev–Trinajstić information content (AvgIpc) is 3.09. The number of hydrogen-bond donors (Lipinski definition) is 2. The van der Waals surface area contributed by atoms with E-state index < -0.39 is 0 Å². The molecule has 1 saturated heterocycles. The first-order valence-electron chi connectivity index (χ1n) is 6.43. The van der Waals surface area contributed by atoms with E-state index in [1.807, 2.05) is 4.90 Å². The van der Waals surface area contributed by atoms with E-state index in [-0.39, 0.29) is 30.3 Å². The number of nitrogens with one attached hydrogen (secondary N) is 2. The van der Waals surface area contributed by atoms with Crippen molar-refractivity contribution in [2.24, 2.45) is 0 Å². The third kappa shape index (κ3) is 4.82. The number of rotatable bonds is 4. The summed E-state index contributed by atoms with van der Waals surface area (Å²) in [6, 6.07) is 0.695. The molecule has 5 nitrogen and oxygen atoms in total. The fourth-order valence-electron chi connectivity index (χ4n) is 2.24. The van der Waals surface area contributed by atoms with E-state index in [9.17, 15) is 9.59 Å². The Hall–Kier alpha value is -0.810. The lowest BCUT2D eigenvalue weighted by Gasteiger charge is -2.33. The summed E-state index contributed by atoms with van der Waals surface area (Å²) >= 11 is 0. The number of hydrogen-bond acceptors (Lipinski definition) is 3. The largest absolute Gasteiger partial charge is 0.352 e. The van der Waals surface area contributed by atoms with Crippen molar-refractivity contribution in [2.75, 3.05) is 19.6 Å². The zero-order chi connectivity index (χ0) is 12.3. The lowest BCUT2D eigenvalue weighted by molar-refractivity contribution is -0.132. The van der Waals surface area contributed by atoms with E-state index >= 15 is 0 Å². The number of piperidine rings is 1. The van der Waals surface area contributed by atoms with Crippen molar-refractivity contribution >= 4 is 24.2 Å². The Morgan fingerprint density at radius 3 is 2.56 bits per heavy atom. The minimum absolute atomic E-state index is 0. The topological polar surface area (TPSA) is 61.4 Å². The van der Waals surface area contributed by atoms with E-state index in [2.05, 4.69) is 10.6 Å². The summed E-state index contributed by atoms with van der Waals surface area (Å²) in [5.41, 5.74) is 0. The van der Waals surface area contributed by atoms with Crippen LogP contribution < -0.4 is 10.6 Å². The Kier molecular flexibility index (Phi) is 5.88. The predicted octanol–water partition coefficient (Wildman–Crippen LogP) is 0.287. The summed E-state index contributed by atoms with van der Waals surface area (Å²) in [6.45, 7) is 3.44. The van der Waals surface area contributed by atoms with Crippen molar-refractivity contribution in [3.8, 4) is 0 Å². The molecule has 2 amide bonds. The highest BCUT2D eigenvalue weighted by Gasteiger charge is 2.26. The van der Waals surface area contributed by atoms with Crippen LogP contribution in [0.5, 0.6) is 0 Å². The number of carbonyl (C=O) groups is 2. The first kappa shape index (κ1) is 15.2. The van der Waals surface area contributed by atoms with Crippen LogP contribution in [0, 0.1) is 0 Å². The minimum atomic E-state index is -0.0135. The molecule has 1 aliphatic heterocycles. The van der Waals surface area contributed by atoms with Crippen LogP contribution in [-0.4, -0.2) is 48.4 Å². The molecule has 0 radical (unpaired) electrons. The van der Waals surface area contributed by atoms with Gasteiger partial charge in [-0.25, -0.2) is 0 Å². The second-order valence-corrected chi connectivity index (χ2v) is 5.03. The molecule has 6 heteroatoms. The highest BCUT2D eigenvalue weighted by Crippen LogP contribution is 2.18. The molecular weight excluding hydrogens is 254 g/mol. The molecule has 104 valence electrons. The summed E-state index contributed by atoms with van der Waals surface area (Å²) in [5, 5.41) is 6.12. The van der Waals surface area contributed by atoms with E-state index in [0.717, 1.165) is 19.4 Å². The number of halogens is 1. The molecule has 1 saturated carbocycles. The minimum Gasteiger partial charge on any atom is -0.352 e. The van der Waals surface area contributed by atoms with Crippen molar-refractivity contribution in [3.63, 3.8) is 0 Å². The Labute approximate surface area is 114 Å². The molecule has 2 rings (SSSR count). The molecule has 1 atom stereocenters. The molecule has 1 aliphatic carbocycles. The van der Waals surface area contributed by atoms with Gasteiger partial charge in [0.15, 0.2) is 0 Å². The van der Waals surface area contributed by atoms with E-state index in [1.165, 1.54) is 19.8 Å². The summed E-state index contributed by atoms with van der Waals surface area (Å²) in [5.74, 6) is 0.146. The zero-order valence-corrected chi connectivity index (χ0v) is 11.6. The quantitative estimate of drug-likeness (QED) is 0.775. The van der Waals surface area contributed by atoms with Crippen LogP contribution in [0.25, 0.3) is 0 Å². The average molecular weight is 276 g/mol. The molecule has 2 fully saturated rings. The Morgan fingerprint density at radius 2 is 1.94 bits per heavy atom. The van der Waals surface area contributed by atoms with Crippen LogP contribution in [0.15, 0.2) is 0 Å². The lowest BCUT2D eigenvalue weighted by atomic mass is 10.1. The second kappa shape index (κ2) is 6.95. The number of carbonyl (C=O) groups excluding carboxylic acids is 2. The third-order valence-electron chi connectivity index (χ3n) is 3.30. The molecule has 1 unspecified atom stereocenters. The molecular formula is C12H22ClN3O2. The maximum Gasteiger partial charge on any atom is 0.236 e. The van der Waals surface area contributed by atoms with Gasteiger partial charge in [0.2, 0.25) is 11.8 Å². The lowest BCUT2D eigenvalue weighted by Crippen LogP contribution is -2.51. The molecule has 18 heavy (non-hydrogen) atoms. The Morgan fingerprint density at radius 1 is 1.22 bits per heavy atom. The highest BCUT2D eigenvalue weighted by atomic mass is 35.5. The van der Waals surface area contributed by atoms with E-state index in [0.29, 0.717) is 19.1 Å². The third-order valence-corrected chi connectivity index (χ3v) is 3.30. The van der Waals surface area contributed by atoms with Crippen LogP contribution in [0.1, 0.15) is 32.6 Å². The predicted molar refractivity (Wildman–Crippen MR) is 71.7 cm³/mol. The van der Waals surface area contributed by atoms with Gasteiger partial charge in [-0.15, -0.1) is 12.4 Å². The molecule has 0 aromatic rings. The smallest absolute Gasteiger partial charge is 0.236 e. The van der Waals surface area contributed by atoms with Crippen LogP contribution in [0.4, 0.5) is 0 Å². The Bertz CT molecular complexity index is 308. The zero-order valence-electron chi connectivity index (χ0n) is 10.8. The molecule has 0 aromatic heterocycles. The van der Waals surface area contributed by atoms with E-state index in [1.54, 1.807) is 0 Å². The van der Waals surface area contributed by atoms with Gasteiger partial charge in [-0.2, -0.15) is 0 Å². The highest BCUT2D eigenvalue weighted by molar-refractivity contribution is 5.85. The molecule has 2 aliphatic rings. The van der Waals surface area contributed by atoms with Gasteiger partial charge in [0.25, 0.3) is 0 Å². The maximum atomic E-state index is 11.9. The van der Waals surface area contributed by atoms with Crippen molar-refractivity contribution in [1.82, 2.24) is 15.5 Å². The fraction of sp³-hybridized carbons (Fsp3) is 0.833. The SMILES string of the molecule is CC(=O)NC1CCCN(C(=O)CNC2CC2)C1.Cl. The first-order chi connectivity index (χ1) is 8.15. The summed E-state index contributed by atoms with van der Waals surface area (Å²) < 4.78 is 0. The normalized spacial score (nSPS) is 23.2. The summed E-state index contributed by atoms with van der Waals surface area (Å²) in [4.78, 5) is 24.8. The van der Waals surface area contributed by atoms with Crippen molar-refractivity contribution < 1.29 is 9.59 Å². The van der Waals surface area contributed by atoms with Crippen LogP contribution in [0.3, 0.4) is 0 Å². The summed E-state index contributed by atoms with van der Waals surface area (Å²) in [7, 11) is 0. The molecule has 0 spiro atoms. The van der Waals surface area contributed by atoms with Gasteiger partial charge < -0.3 is 15.5 Å². The number of likely N-dealkylation sites (tertiary alicyclic amines) is 1. The number of nitrogens with zero attached hydrogens (tertiary/aromatic N) is 1. The molecule has 1 heterocycles. The van der Waals surface area contributed by atoms with Gasteiger partial charge in [0.05, 0.1) is 6.54 Å². The van der Waals surface area contributed by atoms with Crippen molar-refractivity contribution in [3.05, 3.63) is 0 Å². The standard InChI is InChI=1S/C12H21N3O2.ClH/c1-9(16)14-11-3-2-6-15(8-11)12(17)7-13-10-4-5-10;/h10-11,13H,2-8H2,1H3,(H,14,16);1H. The second-order valence-electron chi connectivity index (χ2n) is 5.03. The first-order valence-corrected chi connectivity index (χ1v) is 6.43. The summed E-state index contributed by atoms with van der Waals surface area (Å²) in [6.07, 6.45) is 4.34. The van der Waals surface area contributed by atoms with Crippen LogP contribution in [-0.2, 0) is 9.59 Å². The van der Waals surface area contributed by atoms with Gasteiger partial charge in [-0.3, -0.25) is 9.59 Å². The van der Waals surface area contributed by atoms with Crippen LogP contribution >= 0.6 is 12.4 Å². The fourth-order valence-corrected chi connectivity index (χ4v) is 2.24. The van der Waals surface area contributed by atoms with Gasteiger partial charge in [0.1, 0.15) is 0 Å². The molecule has 0 bridgehead atoms. The monoisotopic (exact) mass is 275 g/mol.